The molecule has 0 aliphatic heterocycles. The van der Waals surface area contributed by atoms with Crippen LogP contribution in [0.3, 0.4) is 0 Å². The summed E-state index contributed by atoms with van der Waals surface area (Å²) in [5.41, 5.74) is 2.89. The van der Waals surface area contributed by atoms with Crippen molar-refractivity contribution in [1.82, 2.24) is 10.4 Å². The fraction of sp³-hybridized carbons (Fsp3) is 0. The lowest BCUT2D eigenvalue weighted by molar-refractivity contribution is -0.384. The second-order valence-corrected chi connectivity index (χ2v) is 5.49. The number of nitro benzene ring substituents is 1. The Hall–Kier alpha value is -3.52. The van der Waals surface area contributed by atoms with E-state index in [0.717, 1.165) is 0 Å². The number of carbonyl (C=O) groups excluding carboxylic acids is 1. The molecule has 3 aromatic rings. The van der Waals surface area contributed by atoms with Gasteiger partial charge in [-0.05, 0) is 36.4 Å². The molecule has 1 aromatic carbocycles. The number of nitro groups is 1. The van der Waals surface area contributed by atoms with Crippen molar-refractivity contribution in [3.8, 4) is 11.3 Å². The van der Waals surface area contributed by atoms with Crippen LogP contribution in [-0.4, -0.2) is 22.0 Å². The van der Waals surface area contributed by atoms with E-state index in [0.29, 0.717) is 16.9 Å². The predicted octanol–water partition coefficient (Wildman–Crippen LogP) is 3.67. The van der Waals surface area contributed by atoms with E-state index in [1.807, 2.05) is 0 Å². The minimum Gasteiger partial charge on any atom is -0.455 e. The molecule has 0 radical (unpaired) electrons. The summed E-state index contributed by atoms with van der Waals surface area (Å²) < 4.78 is 5.53. The van der Waals surface area contributed by atoms with Gasteiger partial charge in [-0.3, -0.25) is 19.9 Å². The molecule has 9 heteroatoms. The summed E-state index contributed by atoms with van der Waals surface area (Å²) >= 11 is 5.80. The number of aromatic nitrogens is 1. The topological polar surface area (TPSA) is 111 Å². The Labute approximate surface area is 152 Å². The molecule has 0 bridgehead atoms. The molecule has 2 heterocycles. The number of furan rings is 1. The van der Waals surface area contributed by atoms with Crippen molar-refractivity contribution in [3.05, 3.63) is 81.3 Å². The Morgan fingerprint density at radius 2 is 2.00 bits per heavy atom. The second kappa shape index (κ2) is 7.58. The Morgan fingerprint density at radius 3 is 2.73 bits per heavy atom. The highest BCUT2D eigenvalue weighted by Gasteiger charge is 2.18. The zero-order valence-electron chi connectivity index (χ0n) is 13.1. The van der Waals surface area contributed by atoms with E-state index < -0.39 is 10.8 Å². The summed E-state index contributed by atoms with van der Waals surface area (Å²) in [6.07, 6.45) is 4.29. The van der Waals surface area contributed by atoms with Crippen molar-refractivity contribution in [2.24, 2.45) is 5.10 Å². The first-order chi connectivity index (χ1) is 12.5. The minimum absolute atomic E-state index is 0.165. The molecule has 0 fully saturated rings. The highest BCUT2D eigenvalue weighted by molar-refractivity contribution is 6.30. The van der Waals surface area contributed by atoms with Crippen molar-refractivity contribution >= 4 is 29.4 Å². The molecule has 1 amide bonds. The largest absolute Gasteiger partial charge is 0.455 e. The van der Waals surface area contributed by atoms with Gasteiger partial charge in [0.1, 0.15) is 11.5 Å². The molecule has 8 nitrogen and oxygen atoms in total. The lowest BCUT2D eigenvalue weighted by Gasteiger charge is -2.00. The lowest BCUT2D eigenvalue weighted by Crippen LogP contribution is -2.17. The summed E-state index contributed by atoms with van der Waals surface area (Å²) in [5, 5.41) is 15.2. The normalized spacial score (nSPS) is 10.8. The van der Waals surface area contributed by atoms with Crippen molar-refractivity contribution in [3.63, 3.8) is 0 Å². The Balaban J connectivity index is 1.75. The van der Waals surface area contributed by atoms with Gasteiger partial charge in [0.15, 0.2) is 0 Å². The minimum atomic E-state index is -0.535. The van der Waals surface area contributed by atoms with Crippen LogP contribution in [0.2, 0.25) is 5.02 Å². The third-order valence-electron chi connectivity index (χ3n) is 3.35. The summed E-state index contributed by atoms with van der Waals surface area (Å²) in [6, 6.07) is 10.5. The number of rotatable bonds is 5. The van der Waals surface area contributed by atoms with Crippen LogP contribution < -0.4 is 5.43 Å². The highest BCUT2D eigenvalue weighted by Crippen LogP contribution is 2.33. The van der Waals surface area contributed by atoms with Crippen LogP contribution in [0.25, 0.3) is 11.3 Å². The van der Waals surface area contributed by atoms with Crippen molar-refractivity contribution in [2.75, 3.05) is 0 Å². The zero-order chi connectivity index (χ0) is 18.5. The number of carbonyl (C=O) groups is 1. The first kappa shape index (κ1) is 17.3. The predicted molar refractivity (Wildman–Crippen MR) is 95.1 cm³/mol. The quantitative estimate of drug-likeness (QED) is 0.418. The first-order valence-electron chi connectivity index (χ1n) is 7.32. The van der Waals surface area contributed by atoms with E-state index >= 15 is 0 Å². The molecule has 130 valence electrons. The molecule has 0 aliphatic rings. The molecular formula is C17H11ClN4O4. The molecule has 1 N–H and O–H groups in total. The molecule has 3 rings (SSSR count). The van der Waals surface area contributed by atoms with Gasteiger partial charge in [0.2, 0.25) is 0 Å². The molecule has 0 saturated heterocycles. The first-order valence-corrected chi connectivity index (χ1v) is 7.70. The van der Waals surface area contributed by atoms with Gasteiger partial charge in [0.05, 0.1) is 16.7 Å². The molecule has 0 unspecified atom stereocenters. The fourth-order valence-electron chi connectivity index (χ4n) is 2.15. The molecular weight excluding hydrogens is 360 g/mol. The van der Waals surface area contributed by atoms with Crippen molar-refractivity contribution < 1.29 is 14.1 Å². The number of nitrogens with one attached hydrogen (secondary N) is 1. The Kier molecular flexibility index (Phi) is 5.04. The number of hydrogen-bond donors (Lipinski definition) is 1. The van der Waals surface area contributed by atoms with Crippen LogP contribution in [0.4, 0.5) is 5.69 Å². The second-order valence-electron chi connectivity index (χ2n) is 5.06. The average molecular weight is 371 g/mol. The van der Waals surface area contributed by atoms with Crippen LogP contribution in [-0.2, 0) is 0 Å². The molecule has 0 atom stereocenters. The number of benzene rings is 1. The maximum Gasteiger partial charge on any atom is 0.281 e. The molecule has 0 spiro atoms. The monoisotopic (exact) mass is 370 g/mol. The molecule has 0 aliphatic carbocycles. The number of amides is 1. The van der Waals surface area contributed by atoms with E-state index in [1.54, 1.807) is 24.3 Å². The maximum atomic E-state index is 11.8. The van der Waals surface area contributed by atoms with Crippen molar-refractivity contribution in [1.29, 1.82) is 0 Å². The van der Waals surface area contributed by atoms with Gasteiger partial charge in [-0.2, -0.15) is 5.10 Å². The maximum absolute atomic E-state index is 11.8. The molecule has 0 saturated carbocycles. The van der Waals surface area contributed by atoms with E-state index in [4.69, 9.17) is 16.0 Å². The standard InChI is InChI=1S/C17H11ClN4O4/c18-12-1-3-14(15(9-12)22(24)25)16-4-2-13(26-16)10-20-21-17(23)11-5-7-19-8-6-11/h1-10H,(H,21,23)/b20-10-. The lowest BCUT2D eigenvalue weighted by atomic mass is 10.1. The van der Waals surface area contributed by atoms with Gasteiger partial charge in [-0.25, -0.2) is 5.43 Å². The van der Waals surface area contributed by atoms with Gasteiger partial charge >= 0.3 is 0 Å². The van der Waals surface area contributed by atoms with E-state index in [2.05, 4.69) is 15.5 Å². The van der Waals surface area contributed by atoms with E-state index in [9.17, 15) is 14.9 Å². The summed E-state index contributed by atoms with van der Waals surface area (Å²) in [4.78, 5) is 26.3. The number of hydrogen-bond acceptors (Lipinski definition) is 6. The highest BCUT2D eigenvalue weighted by atomic mass is 35.5. The van der Waals surface area contributed by atoms with Crippen LogP contribution in [0.15, 0.2) is 64.4 Å². The van der Waals surface area contributed by atoms with Gasteiger partial charge in [-0.1, -0.05) is 11.6 Å². The van der Waals surface area contributed by atoms with E-state index in [-0.39, 0.29) is 16.5 Å². The van der Waals surface area contributed by atoms with Crippen LogP contribution in [0.1, 0.15) is 16.1 Å². The number of pyridine rings is 1. The fourth-order valence-corrected chi connectivity index (χ4v) is 2.32. The average Bonchev–Trinajstić information content (AvgIpc) is 3.11. The van der Waals surface area contributed by atoms with Gasteiger partial charge < -0.3 is 4.42 Å². The number of halogens is 1. The Morgan fingerprint density at radius 1 is 1.23 bits per heavy atom. The van der Waals surface area contributed by atoms with Crippen LogP contribution in [0, 0.1) is 10.1 Å². The SMILES string of the molecule is O=C(N/N=C\c1ccc(-c2ccc(Cl)cc2[N+](=O)[O-])o1)c1ccncc1. The van der Waals surface area contributed by atoms with Gasteiger partial charge in [0.25, 0.3) is 11.6 Å². The summed E-state index contributed by atoms with van der Waals surface area (Å²) in [5.74, 6) is 0.207. The smallest absolute Gasteiger partial charge is 0.281 e. The number of nitrogens with zero attached hydrogens (tertiary/aromatic N) is 3. The zero-order valence-corrected chi connectivity index (χ0v) is 13.9. The third-order valence-corrected chi connectivity index (χ3v) is 3.58. The van der Waals surface area contributed by atoms with Crippen LogP contribution in [0.5, 0.6) is 0 Å². The van der Waals surface area contributed by atoms with Gasteiger partial charge in [-0.15, -0.1) is 0 Å². The Bertz CT molecular complexity index is 985. The van der Waals surface area contributed by atoms with Gasteiger partial charge in [0, 0.05) is 29.0 Å². The summed E-state index contributed by atoms with van der Waals surface area (Å²) in [6.45, 7) is 0. The van der Waals surface area contributed by atoms with Crippen molar-refractivity contribution in [2.45, 2.75) is 0 Å². The molecule has 2 aromatic heterocycles. The number of hydrazone groups is 1. The summed E-state index contributed by atoms with van der Waals surface area (Å²) in [7, 11) is 0. The third kappa shape index (κ3) is 3.93. The van der Waals surface area contributed by atoms with Crippen LogP contribution >= 0.6 is 11.6 Å². The van der Waals surface area contributed by atoms with E-state index in [1.165, 1.54) is 36.8 Å². The molecule has 26 heavy (non-hydrogen) atoms.